The summed E-state index contributed by atoms with van der Waals surface area (Å²) in [5, 5.41) is 4.61. The maximum atomic E-state index is 11.8. The molecule has 0 aliphatic heterocycles. The van der Waals surface area contributed by atoms with Crippen LogP contribution in [0.1, 0.15) is 36.0 Å². The van der Waals surface area contributed by atoms with Gasteiger partial charge in [0.15, 0.2) is 11.6 Å². The SMILES string of the molecule is Cc1cc(=O)n2nc(COC(=O)COc3ccc(C(C)C)cc3)sc2n1. The molecule has 7 nitrogen and oxygen atoms in total. The summed E-state index contributed by atoms with van der Waals surface area (Å²) in [7, 11) is 0. The molecule has 0 atom stereocenters. The van der Waals surface area contributed by atoms with Crippen molar-refractivity contribution in [2.45, 2.75) is 33.3 Å². The highest BCUT2D eigenvalue weighted by Crippen LogP contribution is 2.18. The van der Waals surface area contributed by atoms with Crippen LogP contribution in [0.5, 0.6) is 5.75 Å². The highest BCUT2D eigenvalue weighted by atomic mass is 32.1. The molecule has 26 heavy (non-hydrogen) atoms. The zero-order chi connectivity index (χ0) is 18.7. The Morgan fingerprint density at radius 3 is 2.69 bits per heavy atom. The summed E-state index contributed by atoms with van der Waals surface area (Å²) >= 11 is 1.21. The number of rotatable bonds is 6. The summed E-state index contributed by atoms with van der Waals surface area (Å²) < 4.78 is 11.8. The van der Waals surface area contributed by atoms with E-state index in [9.17, 15) is 9.59 Å². The van der Waals surface area contributed by atoms with Crippen LogP contribution in [0.25, 0.3) is 4.96 Å². The van der Waals surface area contributed by atoms with E-state index in [1.165, 1.54) is 27.5 Å². The Bertz CT molecular complexity index is 976. The molecular formula is C18H19N3O4S. The Morgan fingerprint density at radius 1 is 1.27 bits per heavy atom. The molecule has 0 unspecified atom stereocenters. The molecule has 0 fully saturated rings. The molecule has 3 aromatic rings. The first-order valence-electron chi connectivity index (χ1n) is 8.17. The highest BCUT2D eigenvalue weighted by Gasteiger charge is 2.11. The molecule has 0 bridgehead atoms. The van der Waals surface area contributed by atoms with Crippen molar-refractivity contribution in [2.75, 3.05) is 6.61 Å². The van der Waals surface area contributed by atoms with Crippen molar-refractivity contribution in [3.63, 3.8) is 0 Å². The monoisotopic (exact) mass is 373 g/mol. The van der Waals surface area contributed by atoms with E-state index in [0.717, 1.165) is 0 Å². The second kappa shape index (κ2) is 7.65. The first-order chi connectivity index (χ1) is 12.4. The van der Waals surface area contributed by atoms with Gasteiger partial charge in [0.05, 0.1) is 0 Å². The van der Waals surface area contributed by atoms with Crippen LogP contribution < -0.4 is 10.3 Å². The van der Waals surface area contributed by atoms with Crippen LogP contribution in [0.15, 0.2) is 35.1 Å². The van der Waals surface area contributed by atoms with Gasteiger partial charge in [-0.25, -0.2) is 9.78 Å². The number of carbonyl (C=O) groups excluding carboxylic acids is 1. The summed E-state index contributed by atoms with van der Waals surface area (Å²) in [5.41, 5.74) is 1.57. The van der Waals surface area contributed by atoms with Gasteiger partial charge in [0.2, 0.25) is 4.96 Å². The minimum absolute atomic E-state index is 0.0268. The van der Waals surface area contributed by atoms with E-state index in [-0.39, 0.29) is 18.8 Å². The Labute approximate surface area is 154 Å². The number of hydrogen-bond donors (Lipinski definition) is 0. The summed E-state index contributed by atoms with van der Waals surface area (Å²) in [6, 6.07) is 9.01. The predicted octanol–water partition coefficient (Wildman–Crippen LogP) is 2.71. The fourth-order valence-corrected chi connectivity index (χ4v) is 3.15. The number of benzene rings is 1. The number of carbonyl (C=O) groups is 1. The number of aryl methyl sites for hydroxylation is 1. The van der Waals surface area contributed by atoms with E-state index in [4.69, 9.17) is 9.47 Å². The molecule has 136 valence electrons. The summed E-state index contributed by atoms with van der Waals surface area (Å²) in [5.74, 6) is 0.542. The molecule has 0 amide bonds. The van der Waals surface area contributed by atoms with Gasteiger partial charge in [-0.05, 0) is 30.5 Å². The molecular weight excluding hydrogens is 354 g/mol. The maximum Gasteiger partial charge on any atom is 0.344 e. The third kappa shape index (κ3) is 4.26. The quantitative estimate of drug-likeness (QED) is 0.618. The minimum Gasteiger partial charge on any atom is -0.482 e. The van der Waals surface area contributed by atoms with Gasteiger partial charge in [-0.15, -0.1) is 0 Å². The molecule has 0 spiro atoms. The molecule has 0 aliphatic carbocycles. The predicted molar refractivity (Wildman–Crippen MR) is 97.7 cm³/mol. The number of hydrogen-bond acceptors (Lipinski definition) is 7. The summed E-state index contributed by atoms with van der Waals surface area (Å²) in [6.07, 6.45) is 0. The first kappa shape index (κ1) is 18.1. The third-order valence-corrected chi connectivity index (χ3v) is 4.56. The Morgan fingerprint density at radius 2 is 2.00 bits per heavy atom. The molecule has 0 saturated carbocycles. The van der Waals surface area contributed by atoms with Gasteiger partial charge in [-0.1, -0.05) is 37.3 Å². The molecule has 3 rings (SSSR count). The molecule has 0 N–H and O–H groups in total. The number of fused-ring (bicyclic) bond motifs is 1. The molecule has 2 heterocycles. The molecule has 1 aromatic carbocycles. The zero-order valence-electron chi connectivity index (χ0n) is 14.8. The number of aromatic nitrogens is 3. The largest absolute Gasteiger partial charge is 0.482 e. The fraction of sp³-hybridized carbons (Fsp3) is 0.333. The van der Waals surface area contributed by atoms with Crippen molar-refractivity contribution in [2.24, 2.45) is 0 Å². The van der Waals surface area contributed by atoms with Crippen molar-refractivity contribution >= 4 is 22.3 Å². The Hall–Kier alpha value is -2.74. The van der Waals surface area contributed by atoms with Crippen LogP contribution in [0.2, 0.25) is 0 Å². The van der Waals surface area contributed by atoms with Gasteiger partial charge < -0.3 is 9.47 Å². The van der Waals surface area contributed by atoms with Crippen LogP contribution in [0.4, 0.5) is 0 Å². The zero-order valence-corrected chi connectivity index (χ0v) is 15.6. The van der Waals surface area contributed by atoms with Gasteiger partial charge in [0.1, 0.15) is 12.4 Å². The van der Waals surface area contributed by atoms with Gasteiger partial charge >= 0.3 is 5.97 Å². The van der Waals surface area contributed by atoms with Gasteiger partial charge in [-0.3, -0.25) is 4.79 Å². The highest BCUT2D eigenvalue weighted by molar-refractivity contribution is 7.16. The molecule has 0 aliphatic rings. The van der Waals surface area contributed by atoms with Crippen molar-refractivity contribution in [3.8, 4) is 5.75 Å². The smallest absolute Gasteiger partial charge is 0.344 e. The van der Waals surface area contributed by atoms with Crippen molar-refractivity contribution in [3.05, 3.63) is 57.0 Å². The molecule has 0 saturated heterocycles. The van der Waals surface area contributed by atoms with E-state index in [1.54, 1.807) is 6.92 Å². The Balaban J connectivity index is 1.54. The van der Waals surface area contributed by atoms with E-state index < -0.39 is 5.97 Å². The Kier molecular flexibility index (Phi) is 5.32. The van der Waals surface area contributed by atoms with E-state index in [0.29, 0.717) is 27.3 Å². The van der Waals surface area contributed by atoms with Gasteiger partial charge in [0, 0.05) is 11.8 Å². The lowest BCUT2D eigenvalue weighted by Gasteiger charge is -2.08. The van der Waals surface area contributed by atoms with Gasteiger partial charge in [0.25, 0.3) is 5.56 Å². The average molecular weight is 373 g/mol. The minimum atomic E-state index is -0.506. The third-order valence-electron chi connectivity index (χ3n) is 3.68. The standard InChI is InChI=1S/C18H19N3O4S/c1-11(2)13-4-6-14(7-5-13)24-10-17(23)25-9-15-20-21-16(22)8-12(3)19-18(21)26-15/h4-8,11H,9-10H2,1-3H3. The lowest BCUT2D eigenvalue weighted by Crippen LogP contribution is -2.16. The van der Waals surface area contributed by atoms with E-state index in [2.05, 4.69) is 23.9 Å². The normalized spacial score (nSPS) is 11.1. The van der Waals surface area contributed by atoms with Crippen LogP contribution >= 0.6 is 11.3 Å². The van der Waals surface area contributed by atoms with Crippen LogP contribution in [-0.2, 0) is 16.1 Å². The van der Waals surface area contributed by atoms with E-state index >= 15 is 0 Å². The summed E-state index contributed by atoms with van der Waals surface area (Å²) in [6.45, 7) is 5.75. The molecule has 2 aromatic heterocycles. The maximum absolute atomic E-state index is 11.8. The first-order valence-corrected chi connectivity index (χ1v) is 8.99. The number of ether oxygens (including phenoxy) is 2. The topological polar surface area (TPSA) is 82.8 Å². The van der Waals surface area contributed by atoms with Crippen molar-refractivity contribution < 1.29 is 14.3 Å². The van der Waals surface area contributed by atoms with Crippen LogP contribution in [0.3, 0.4) is 0 Å². The molecule has 8 heteroatoms. The van der Waals surface area contributed by atoms with Crippen LogP contribution in [-0.4, -0.2) is 27.2 Å². The lowest BCUT2D eigenvalue weighted by atomic mass is 10.0. The van der Waals surface area contributed by atoms with Gasteiger partial charge in [-0.2, -0.15) is 9.61 Å². The van der Waals surface area contributed by atoms with Crippen molar-refractivity contribution in [1.82, 2.24) is 14.6 Å². The average Bonchev–Trinajstić information content (AvgIpc) is 3.01. The second-order valence-electron chi connectivity index (χ2n) is 6.10. The fourth-order valence-electron chi connectivity index (χ4n) is 2.29. The van der Waals surface area contributed by atoms with Crippen molar-refractivity contribution in [1.29, 1.82) is 0 Å². The van der Waals surface area contributed by atoms with Crippen LogP contribution in [0, 0.1) is 6.92 Å². The summed E-state index contributed by atoms with van der Waals surface area (Å²) in [4.78, 5) is 28.4. The number of esters is 1. The second-order valence-corrected chi connectivity index (χ2v) is 7.14. The molecule has 0 radical (unpaired) electrons. The lowest BCUT2D eigenvalue weighted by molar-refractivity contribution is -0.147. The van der Waals surface area contributed by atoms with E-state index in [1.807, 2.05) is 24.3 Å². The number of nitrogens with zero attached hydrogens (tertiary/aromatic N) is 3.